The van der Waals surface area contributed by atoms with Gasteiger partial charge in [0.15, 0.2) is 5.82 Å². The lowest BCUT2D eigenvalue weighted by Crippen LogP contribution is -2.42. The van der Waals surface area contributed by atoms with Crippen molar-refractivity contribution in [1.29, 1.82) is 0 Å². The van der Waals surface area contributed by atoms with Gasteiger partial charge in [-0.2, -0.15) is 0 Å². The Morgan fingerprint density at radius 2 is 2.08 bits per heavy atom. The second kappa shape index (κ2) is 7.34. The van der Waals surface area contributed by atoms with Gasteiger partial charge in [-0.25, -0.2) is 4.98 Å². The molecular formula is C17H26N4O3. The van der Waals surface area contributed by atoms with E-state index in [1.54, 1.807) is 13.1 Å². The first-order valence-electron chi connectivity index (χ1n) is 8.84. The average molecular weight is 334 g/mol. The summed E-state index contributed by atoms with van der Waals surface area (Å²) in [6, 6.07) is 1.12. The minimum absolute atomic E-state index is 0.250. The van der Waals surface area contributed by atoms with Crippen LogP contribution in [0, 0.1) is 6.92 Å². The third-order valence-corrected chi connectivity index (χ3v) is 5.27. The zero-order chi connectivity index (χ0) is 17.1. The maximum Gasteiger partial charge on any atom is 0.323 e. The predicted octanol–water partition coefficient (Wildman–Crippen LogP) is 1.46. The number of carboxylic acids is 1. The highest BCUT2D eigenvalue weighted by atomic mass is 16.4. The highest BCUT2D eigenvalue weighted by Crippen LogP contribution is 2.29. The van der Waals surface area contributed by atoms with E-state index in [-0.39, 0.29) is 17.9 Å². The standard InChI is InChI=1S/C17H26N4O3/c1-12-9-18-16(17(24)21(12)11-15(22)23)19-10-14-7-4-8-20(14)13-5-2-3-6-13/h9,13-14H,2-8,10-11H2,1H3,(H,18,19)(H,22,23)/t14-/m1/s1. The Morgan fingerprint density at radius 1 is 1.33 bits per heavy atom. The van der Waals surface area contributed by atoms with E-state index in [4.69, 9.17) is 5.11 Å². The summed E-state index contributed by atoms with van der Waals surface area (Å²) < 4.78 is 1.25. The summed E-state index contributed by atoms with van der Waals surface area (Å²) in [5.74, 6) is -0.777. The molecule has 0 aromatic carbocycles. The summed E-state index contributed by atoms with van der Waals surface area (Å²) in [7, 11) is 0. The van der Waals surface area contributed by atoms with Crippen LogP contribution in [0.25, 0.3) is 0 Å². The molecule has 0 radical (unpaired) electrons. The second-order valence-corrected chi connectivity index (χ2v) is 6.89. The molecule has 1 aliphatic carbocycles. The summed E-state index contributed by atoms with van der Waals surface area (Å²) in [5.41, 5.74) is 0.198. The van der Waals surface area contributed by atoms with Gasteiger partial charge in [0.25, 0.3) is 5.56 Å². The minimum Gasteiger partial charge on any atom is -0.480 e. The lowest BCUT2D eigenvalue weighted by Gasteiger charge is -2.30. The van der Waals surface area contributed by atoms with Gasteiger partial charge in [-0.1, -0.05) is 12.8 Å². The van der Waals surface area contributed by atoms with Crippen LogP contribution in [0.1, 0.15) is 44.2 Å². The van der Waals surface area contributed by atoms with Crippen LogP contribution in [-0.2, 0) is 11.3 Å². The first kappa shape index (κ1) is 17.0. The van der Waals surface area contributed by atoms with Crippen molar-refractivity contribution < 1.29 is 9.90 Å². The van der Waals surface area contributed by atoms with Crippen molar-refractivity contribution in [2.75, 3.05) is 18.4 Å². The molecule has 2 aliphatic rings. The molecule has 1 saturated heterocycles. The van der Waals surface area contributed by atoms with Crippen LogP contribution in [0.3, 0.4) is 0 Å². The van der Waals surface area contributed by atoms with E-state index >= 15 is 0 Å². The van der Waals surface area contributed by atoms with Gasteiger partial charge >= 0.3 is 5.97 Å². The van der Waals surface area contributed by atoms with E-state index in [1.165, 1.54) is 36.7 Å². The summed E-state index contributed by atoms with van der Waals surface area (Å²) in [6.45, 7) is 3.19. The van der Waals surface area contributed by atoms with Gasteiger partial charge in [-0.05, 0) is 39.2 Å². The van der Waals surface area contributed by atoms with E-state index in [9.17, 15) is 9.59 Å². The molecule has 2 fully saturated rings. The van der Waals surface area contributed by atoms with Gasteiger partial charge in [0.05, 0.1) is 0 Å². The second-order valence-electron chi connectivity index (χ2n) is 6.89. The molecule has 0 spiro atoms. The van der Waals surface area contributed by atoms with Crippen molar-refractivity contribution in [2.45, 2.75) is 64.1 Å². The van der Waals surface area contributed by atoms with E-state index in [1.807, 2.05) is 0 Å². The number of carboxylic acid groups (broad SMARTS) is 1. The number of likely N-dealkylation sites (tertiary alicyclic amines) is 1. The Labute approximate surface area is 141 Å². The first-order valence-corrected chi connectivity index (χ1v) is 8.84. The Balaban J connectivity index is 1.68. The third-order valence-electron chi connectivity index (χ3n) is 5.27. The molecule has 1 aromatic heterocycles. The molecule has 0 bridgehead atoms. The number of nitrogens with zero attached hydrogens (tertiary/aromatic N) is 3. The maximum absolute atomic E-state index is 12.4. The number of anilines is 1. The van der Waals surface area contributed by atoms with E-state index in [0.29, 0.717) is 24.3 Å². The fourth-order valence-corrected chi connectivity index (χ4v) is 4.03. The smallest absolute Gasteiger partial charge is 0.323 e. The van der Waals surface area contributed by atoms with Gasteiger partial charge in [0, 0.05) is 30.5 Å². The quantitative estimate of drug-likeness (QED) is 0.819. The monoisotopic (exact) mass is 334 g/mol. The van der Waals surface area contributed by atoms with E-state index in [0.717, 1.165) is 13.0 Å². The van der Waals surface area contributed by atoms with Gasteiger partial charge in [0.2, 0.25) is 0 Å². The molecule has 1 atom stereocenters. The highest BCUT2D eigenvalue weighted by molar-refractivity contribution is 5.66. The molecule has 0 unspecified atom stereocenters. The van der Waals surface area contributed by atoms with Gasteiger partial charge in [-0.3, -0.25) is 19.1 Å². The molecule has 132 valence electrons. The number of aromatic nitrogens is 2. The lowest BCUT2D eigenvalue weighted by atomic mass is 10.1. The van der Waals surface area contributed by atoms with Crippen LogP contribution >= 0.6 is 0 Å². The average Bonchev–Trinajstić information content (AvgIpc) is 3.21. The van der Waals surface area contributed by atoms with Crippen molar-refractivity contribution in [3.8, 4) is 0 Å². The molecule has 3 rings (SSSR count). The lowest BCUT2D eigenvalue weighted by molar-refractivity contribution is -0.137. The number of rotatable bonds is 6. The number of hydrogen-bond donors (Lipinski definition) is 2. The molecule has 24 heavy (non-hydrogen) atoms. The maximum atomic E-state index is 12.4. The van der Waals surface area contributed by atoms with Crippen LogP contribution in [0.4, 0.5) is 5.82 Å². The van der Waals surface area contributed by atoms with E-state index in [2.05, 4.69) is 15.2 Å². The summed E-state index contributed by atoms with van der Waals surface area (Å²) in [4.78, 5) is 30.1. The predicted molar refractivity (Wildman–Crippen MR) is 91.3 cm³/mol. The van der Waals surface area contributed by atoms with Crippen molar-refractivity contribution in [3.05, 3.63) is 22.2 Å². The first-order chi connectivity index (χ1) is 11.6. The molecule has 1 aliphatic heterocycles. The molecule has 1 saturated carbocycles. The normalized spacial score (nSPS) is 22.1. The van der Waals surface area contributed by atoms with Crippen LogP contribution in [0.5, 0.6) is 0 Å². The molecule has 7 heteroatoms. The number of aliphatic carboxylic acids is 1. The van der Waals surface area contributed by atoms with Crippen LogP contribution in [-0.4, -0.2) is 50.7 Å². The van der Waals surface area contributed by atoms with E-state index < -0.39 is 5.97 Å². The molecule has 2 N–H and O–H groups in total. The zero-order valence-corrected chi connectivity index (χ0v) is 14.2. The number of carbonyl (C=O) groups is 1. The molecule has 7 nitrogen and oxygen atoms in total. The summed E-state index contributed by atoms with van der Waals surface area (Å²) in [6.07, 6.45) is 9.10. The van der Waals surface area contributed by atoms with Crippen molar-refractivity contribution in [2.24, 2.45) is 0 Å². The summed E-state index contributed by atoms with van der Waals surface area (Å²) in [5, 5.41) is 12.1. The Kier molecular flexibility index (Phi) is 5.18. The topological polar surface area (TPSA) is 87.5 Å². The van der Waals surface area contributed by atoms with Crippen LogP contribution in [0.2, 0.25) is 0 Å². The number of hydrogen-bond acceptors (Lipinski definition) is 5. The Hall–Kier alpha value is -1.89. The SMILES string of the molecule is Cc1cnc(NC[C@H]2CCCN2C2CCCC2)c(=O)n1CC(=O)O. The minimum atomic E-state index is -1.03. The van der Waals surface area contributed by atoms with Crippen LogP contribution in [0.15, 0.2) is 11.0 Å². The van der Waals surface area contributed by atoms with Crippen LogP contribution < -0.4 is 10.9 Å². The highest BCUT2D eigenvalue weighted by Gasteiger charge is 2.32. The molecule has 1 aromatic rings. The number of nitrogens with one attached hydrogen (secondary N) is 1. The Bertz CT molecular complexity index is 652. The molecule has 2 heterocycles. The van der Waals surface area contributed by atoms with Crippen molar-refractivity contribution in [1.82, 2.24) is 14.5 Å². The molecular weight excluding hydrogens is 308 g/mol. The zero-order valence-electron chi connectivity index (χ0n) is 14.2. The van der Waals surface area contributed by atoms with Gasteiger partial charge in [-0.15, -0.1) is 0 Å². The number of aryl methyl sites for hydroxylation is 1. The largest absolute Gasteiger partial charge is 0.480 e. The van der Waals surface area contributed by atoms with Gasteiger partial charge in [0.1, 0.15) is 6.54 Å². The third kappa shape index (κ3) is 3.61. The fourth-order valence-electron chi connectivity index (χ4n) is 4.03. The van der Waals surface area contributed by atoms with Crippen molar-refractivity contribution in [3.63, 3.8) is 0 Å². The van der Waals surface area contributed by atoms with Crippen molar-refractivity contribution >= 4 is 11.8 Å². The molecule has 0 amide bonds. The van der Waals surface area contributed by atoms with Gasteiger partial charge < -0.3 is 10.4 Å². The summed E-state index contributed by atoms with van der Waals surface area (Å²) >= 11 is 0. The fraction of sp³-hybridized carbons (Fsp3) is 0.706. The Morgan fingerprint density at radius 3 is 2.79 bits per heavy atom.